The van der Waals surface area contributed by atoms with Gasteiger partial charge in [0, 0.05) is 11.0 Å². The van der Waals surface area contributed by atoms with Crippen molar-refractivity contribution in [1.29, 1.82) is 5.26 Å². The number of benzene rings is 1. The molecule has 30 heavy (non-hydrogen) atoms. The fraction of sp³-hybridized carbons (Fsp3) is 0.500. The Morgan fingerprint density at radius 1 is 1.07 bits per heavy atom. The van der Waals surface area contributed by atoms with E-state index in [-0.39, 0.29) is 11.8 Å². The van der Waals surface area contributed by atoms with Crippen LogP contribution in [-0.4, -0.2) is 29.0 Å². The Balaban J connectivity index is 2.16. The van der Waals surface area contributed by atoms with Gasteiger partial charge in [-0.3, -0.25) is 4.79 Å². The van der Waals surface area contributed by atoms with E-state index in [0.717, 1.165) is 31.2 Å². The molecule has 1 aliphatic rings. The molecule has 6 nitrogen and oxygen atoms in total. The summed E-state index contributed by atoms with van der Waals surface area (Å²) in [6.07, 6.45) is 4.39. The first-order valence-corrected chi connectivity index (χ1v) is 10.7. The predicted octanol–water partition coefficient (Wildman–Crippen LogP) is 4.77. The second-order valence-corrected chi connectivity index (χ2v) is 8.36. The Labute approximate surface area is 178 Å². The first-order chi connectivity index (χ1) is 14.4. The highest BCUT2D eigenvalue weighted by atomic mass is 16.5. The van der Waals surface area contributed by atoms with Crippen LogP contribution < -0.4 is 9.47 Å². The van der Waals surface area contributed by atoms with E-state index < -0.39 is 5.41 Å². The van der Waals surface area contributed by atoms with E-state index in [4.69, 9.17) is 9.47 Å². The van der Waals surface area contributed by atoms with Crippen LogP contribution in [0, 0.1) is 11.3 Å². The van der Waals surface area contributed by atoms with Gasteiger partial charge in [0.1, 0.15) is 5.69 Å². The average molecular weight is 408 g/mol. The number of ether oxygens (including phenoxy) is 2. The van der Waals surface area contributed by atoms with Crippen LogP contribution in [0.4, 0.5) is 0 Å². The summed E-state index contributed by atoms with van der Waals surface area (Å²) in [7, 11) is 0. The van der Waals surface area contributed by atoms with Crippen LogP contribution in [0.15, 0.2) is 18.2 Å². The fourth-order valence-electron chi connectivity index (χ4n) is 3.71. The van der Waals surface area contributed by atoms with Gasteiger partial charge in [0.2, 0.25) is 11.7 Å². The second kappa shape index (κ2) is 9.25. The number of unbranched alkanes of at least 4 members (excludes halogenated alkanes) is 2. The average Bonchev–Trinajstić information content (AvgIpc) is 2.72. The van der Waals surface area contributed by atoms with Crippen molar-refractivity contribution in [2.24, 2.45) is 0 Å². The number of carbonyl (C=O) groups is 1. The number of hydrogen-bond acceptors (Lipinski definition) is 6. The third kappa shape index (κ3) is 4.62. The molecule has 0 unspecified atom stereocenters. The molecule has 6 heteroatoms. The van der Waals surface area contributed by atoms with E-state index >= 15 is 0 Å². The lowest BCUT2D eigenvalue weighted by molar-refractivity contribution is 0.102. The maximum absolute atomic E-state index is 13.5. The molecular formula is C24H29N3O3. The van der Waals surface area contributed by atoms with Crippen molar-refractivity contribution < 1.29 is 14.3 Å². The van der Waals surface area contributed by atoms with Gasteiger partial charge in [0.25, 0.3) is 0 Å². The maximum atomic E-state index is 13.5. The molecule has 0 amide bonds. The number of rotatable bonds is 8. The summed E-state index contributed by atoms with van der Waals surface area (Å²) in [5.74, 6) is 0.183. The van der Waals surface area contributed by atoms with Crippen LogP contribution >= 0.6 is 0 Å². The Kier molecular flexibility index (Phi) is 6.71. The summed E-state index contributed by atoms with van der Waals surface area (Å²) < 4.78 is 11.8. The molecule has 1 aromatic carbocycles. The summed E-state index contributed by atoms with van der Waals surface area (Å²) in [6.45, 7) is 9.28. The molecule has 0 radical (unpaired) electrons. The molecule has 158 valence electrons. The topological polar surface area (TPSA) is 85.1 Å². The number of carbonyl (C=O) groups excluding carboxylic acids is 1. The summed E-state index contributed by atoms with van der Waals surface area (Å²) in [6, 6.07) is 7.62. The Morgan fingerprint density at radius 2 is 1.77 bits per heavy atom. The Bertz CT molecular complexity index is 976. The van der Waals surface area contributed by atoms with E-state index in [1.54, 1.807) is 6.07 Å². The van der Waals surface area contributed by atoms with Crippen molar-refractivity contribution >= 4 is 5.78 Å². The molecule has 0 spiro atoms. The summed E-state index contributed by atoms with van der Waals surface area (Å²) in [5, 5.41) is 9.38. The number of nitriles is 1. The predicted molar refractivity (Wildman–Crippen MR) is 114 cm³/mol. The second-order valence-electron chi connectivity index (χ2n) is 8.36. The van der Waals surface area contributed by atoms with E-state index in [1.807, 2.05) is 12.1 Å². The van der Waals surface area contributed by atoms with Crippen molar-refractivity contribution in [3.05, 3.63) is 46.1 Å². The molecule has 2 aromatic rings. The van der Waals surface area contributed by atoms with Crippen LogP contribution in [-0.2, 0) is 11.8 Å². The highest BCUT2D eigenvalue weighted by Gasteiger charge is 2.36. The molecule has 0 fully saturated rings. The van der Waals surface area contributed by atoms with Gasteiger partial charge in [-0.1, -0.05) is 40.5 Å². The Morgan fingerprint density at radius 3 is 2.43 bits per heavy atom. The highest BCUT2D eigenvalue weighted by Crippen LogP contribution is 2.39. The van der Waals surface area contributed by atoms with Crippen LogP contribution in [0.2, 0.25) is 0 Å². The smallest absolute Gasteiger partial charge is 0.320 e. The Hall–Kier alpha value is -2.94. The summed E-state index contributed by atoms with van der Waals surface area (Å²) >= 11 is 0. The van der Waals surface area contributed by atoms with Crippen molar-refractivity contribution in [2.75, 3.05) is 13.2 Å². The van der Waals surface area contributed by atoms with Crippen molar-refractivity contribution in [3.63, 3.8) is 0 Å². The molecule has 1 aliphatic carbocycles. The molecular weight excluding hydrogens is 378 g/mol. The zero-order chi connectivity index (χ0) is 21.7. The van der Waals surface area contributed by atoms with Crippen LogP contribution in [0.5, 0.6) is 11.9 Å². The van der Waals surface area contributed by atoms with E-state index in [9.17, 15) is 10.1 Å². The van der Waals surface area contributed by atoms with Gasteiger partial charge >= 0.3 is 6.01 Å². The van der Waals surface area contributed by atoms with E-state index in [1.165, 1.54) is 0 Å². The molecule has 0 aliphatic heterocycles. The van der Waals surface area contributed by atoms with Gasteiger partial charge in [-0.15, -0.1) is 0 Å². The first kappa shape index (κ1) is 21.8. The number of nitrogens with zero attached hydrogens (tertiary/aromatic N) is 3. The molecule has 0 N–H and O–H groups in total. The molecule has 1 aromatic heterocycles. The van der Waals surface area contributed by atoms with Gasteiger partial charge < -0.3 is 9.47 Å². The third-order valence-electron chi connectivity index (χ3n) is 5.24. The standard InChI is InChI=1S/C24H29N3O3/c1-5-7-9-29-22-19-20(26-23(27-22)30-10-8-6-2)21(28)18-12-16(14-24(19,3)4)11-17(13-18)15-25/h11-13H,5-10,14H2,1-4H3. The third-order valence-corrected chi connectivity index (χ3v) is 5.24. The quantitative estimate of drug-likeness (QED) is 0.586. The number of ketones is 1. The van der Waals surface area contributed by atoms with Crippen LogP contribution in [0.1, 0.15) is 86.1 Å². The van der Waals surface area contributed by atoms with Crippen LogP contribution in [0.3, 0.4) is 0 Å². The number of fused-ring (bicyclic) bond motifs is 3. The monoisotopic (exact) mass is 407 g/mol. The molecule has 0 saturated carbocycles. The number of aromatic nitrogens is 2. The van der Waals surface area contributed by atoms with Gasteiger partial charge in [-0.25, -0.2) is 0 Å². The largest absolute Gasteiger partial charge is 0.477 e. The zero-order valence-corrected chi connectivity index (χ0v) is 18.2. The van der Waals surface area contributed by atoms with Gasteiger partial charge in [0.15, 0.2) is 0 Å². The number of hydrogen-bond donors (Lipinski definition) is 0. The lowest BCUT2D eigenvalue weighted by Crippen LogP contribution is -2.29. The molecule has 2 bridgehead atoms. The van der Waals surface area contributed by atoms with Gasteiger partial charge in [-0.2, -0.15) is 15.2 Å². The minimum Gasteiger partial charge on any atom is -0.477 e. The first-order valence-electron chi connectivity index (χ1n) is 10.7. The summed E-state index contributed by atoms with van der Waals surface area (Å²) in [4.78, 5) is 22.5. The molecule has 3 rings (SSSR count). The lowest BCUT2D eigenvalue weighted by atomic mass is 9.75. The lowest BCUT2D eigenvalue weighted by Gasteiger charge is -2.30. The minimum absolute atomic E-state index is 0.162. The zero-order valence-electron chi connectivity index (χ0n) is 18.2. The highest BCUT2D eigenvalue weighted by molar-refractivity contribution is 6.09. The maximum Gasteiger partial charge on any atom is 0.320 e. The normalized spacial score (nSPS) is 14.3. The van der Waals surface area contributed by atoms with Gasteiger partial charge in [0.05, 0.1) is 30.4 Å². The molecule has 0 saturated heterocycles. The SMILES string of the molecule is CCCCOc1nc(OCCCC)c2c(n1)C(=O)c1cc(C#N)cc(c1)CC2(C)C. The molecule has 0 atom stereocenters. The molecule has 1 heterocycles. The van der Waals surface area contributed by atoms with Gasteiger partial charge in [-0.05, 0) is 43.0 Å². The van der Waals surface area contributed by atoms with Crippen molar-refractivity contribution in [1.82, 2.24) is 9.97 Å². The fourth-order valence-corrected chi connectivity index (χ4v) is 3.71. The van der Waals surface area contributed by atoms with E-state index in [0.29, 0.717) is 47.9 Å². The summed E-state index contributed by atoms with van der Waals surface area (Å²) in [5.41, 5.74) is 2.42. The van der Waals surface area contributed by atoms with Crippen molar-refractivity contribution in [2.45, 2.75) is 65.2 Å². The van der Waals surface area contributed by atoms with E-state index in [2.05, 4.69) is 43.7 Å². The van der Waals surface area contributed by atoms with Crippen LogP contribution in [0.25, 0.3) is 0 Å². The minimum atomic E-state index is -0.458. The van der Waals surface area contributed by atoms with Crippen molar-refractivity contribution in [3.8, 4) is 18.0 Å².